The van der Waals surface area contributed by atoms with Gasteiger partial charge in [0.1, 0.15) is 17.2 Å². The third-order valence-corrected chi connectivity index (χ3v) is 14.9. The van der Waals surface area contributed by atoms with Gasteiger partial charge in [0.15, 0.2) is 0 Å². The first-order valence-corrected chi connectivity index (χ1v) is 30.9. The highest BCUT2D eigenvalue weighted by Gasteiger charge is 2.24. The third-order valence-electron chi connectivity index (χ3n) is 14.9. The van der Waals surface area contributed by atoms with E-state index in [1.54, 1.807) is 25.3 Å². The normalized spacial score (nSPS) is 17.1. The van der Waals surface area contributed by atoms with Crippen LogP contribution >= 0.6 is 0 Å². The average molecular weight is 1280 g/mol. The highest BCUT2D eigenvalue weighted by Crippen LogP contribution is 2.25. The Balaban J connectivity index is 1.16. The molecule has 2 heterocycles. The lowest BCUT2D eigenvalue weighted by Gasteiger charge is -2.28. The highest BCUT2D eigenvalue weighted by atomic mass is 16.5. The fraction of sp³-hybridized carbons (Fsp3) is 0.492. The zero-order chi connectivity index (χ0) is 65.9. The number of nitrogens with zero attached hydrogens (tertiary/aromatic N) is 4. The lowest BCUT2D eigenvalue weighted by Crippen LogP contribution is -2.46. The number of carbonyl (C=O) groups excluding carboxylic acids is 8. The fourth-order valence-corrected chi connectivity index (χ4v) is 9.81. The van der Waals surface area contributed by atoms with Crippen LogP contribution in [0.3, 0.4) is 0 Å². The molecular weight excluding hydrogens is 1190 g/mol. The van der Waals surface area contributed by atoms with Gasteiger partial charge in [0.2, 0.25) is 0 Å². The van der Waals surface area contributed by atoms with Crippen molar-refractivity contribution in [2.75, 3.05) is 204 Å². The number of hydrogen-bond acceptors (Lipinski definition) is 21. The van der Waals surface area contributed by atoms with Gasteiger partial charge in [0.05, 0.1) is 92.8 Å². The van der Waals surface area contributed by atoms with E-state index < -0.39 is 64.5 Å². The van der Waals surface area contributed by atoms with Crippen molar-refractivity contribution in [1.29, 1.82) is 0 Å². The maximum Gasteiger partial charge on any atom is 0.255 e. The van der Waals surface area contributed by atoms with Gasteiger partial charge in [0.25, 0.3) is 47.3 Å². The molecule has 6 rings (SSSR count). The number of carbonyl (C=O) groups is 8. The van der Waals surface area contributed by atoms with Crippen LogP contribution in [0, 0.1) is 0 Å². The Labute approximate surface area is 535 Å². The minimum atomic E-state index is -0.663. The Morgan fingerprint density at radius 1 is 0.337 bits per heavy atom. The van der Waals surface area contributed by atoms with Gasteiger partial charge < -0.3 is 87.3 Å². The van der Waals surface area contributed by atoms with Crippen molar-refractivity contribution in [3.63, 3.8) is 0 Å². The number of nitrogens with two attached hydrogens (primary N) is 1. The monoisotopic (exact) mass is 1280 g/mol. The van der Waals surface area contributed by atoms with Gasteiger partial charge in [0, 0.05) is 156 Å². The van der Waals surface area contributed by atoms with Gasteiger partial charge in [-0.2, -0.15) is 0 Å². The summed E-state index contributed by atoms with van der Waals surface area (Å²) in [5, 5.41) is 56.6. The molecule has 2 aliphatic rings. The Hall–Kier alpha value is -8.36. The number of nitrogens with one attached hydrogen (secondary N) is 8. The molecular formula is C63H89N13O16. The topological polar surface area (TPSA) is 379 Å². The molecule has 8 amide bonds. The first kappa shape index (κ1) is 72.7. The third kappa shape index (κ3) is 24.4. The van der Waals surface area contributed by atoms with E-state index in [-0.39, 0.29) is 136 Å². The summed E-state index contributed by atoms with van der Waals surface area (Å²) in [7, 11) is 1.59. The summed E-state index contributed by atoms with van der Waals surface area (Å²) < 4.78 is 27.3. The standard InChI is InChI=1S/C63H89N13O16/c1-88-38-39-92-43-42-91-37-33-75-27-16-66-57(81)46-7-2-6-45(44-46)56(80)65-15-23-73(24-17-67-58(82)47-8-3-11-50(53(47)77)61(85)70-20-28-75)31-32-74-25-18-68-59(83)48-9-4-12-51(54(48)78)62(86)71-21-29-76(34-36-90-41-40-89-35-14-64)30-22-72-63(87)52-13-5-10-49(55(52)79)60(84)69-19-26-74/h2-13,44,77-79H,14-43,64H2,1H3,(H,65,80)(H,66,81)(H,67,82)(H,68,83)(H,69,84)(H,70,85)(H,71,86)(H,72,87). The molecule has 92 heavy (non-hydrogen) atoms. The summed E-state index contributed by atoms with van der Waals surface area (Å²) in [6, 6.07) is 19.1. The van der Waals surface area contributed by atoms with Crippen molar-refractivity contribution in [3.8, 4) is 17.2 Å². The number of amides is 8. The van der Waals surface area contributed by atoms with Crippen molar-refractivity contribution in [1.82, 2.24) is 62.1 Å². The minimum Gasteiger partial charge on any atom is -0.506 e. The zero-order valence-electron chi connectivity index (χ0n) is 52.2. The Kier molecular flexibility index (Phi) is 32.0. The van der Waals surface area contributed by atoms with Crippen LogP contribution in [0.4, 0.5) is 0 Å². The summed E-state index contributed by atoms with van der Waals surface area (Å²) in [6.45, 7) is 7.99. The molecule has 0 unspecified atom stereocenters. The van der Waals surface area contributed by atoms with Crippen LogP contribution in [0.5, 0.6) is 17.2 Å². The number of hydrogen-bond donors (Lipinski definition) is 12. The summed E-state index contributed by atoms with van der Waals surface area (Å²) >= 11 is 0. The molecule has 29 heteroatoms. The number of phenols is 3. The second-order valence-electron chi connectivity index (χ2n) is 21.3. The molecule has 8 bridgehead atoms. The van der Waals surface area contributed by atoms with Crippen molar-refractivity contribution >= 4 is 47.3 Å². The lowest BCUT2D eigenvalue weighted by atomic mass is 10.1. The highest BCUT2D eigenvalue weighted by molar-refractivity contribution is 6.06. The maximum atomic E-state index is 13.7. The van der Waals surface area contributed by atoms with Gasteiger partial charge in [-0.25, -0.2) is 0 Å². The van der Waals surface area contributed by atoms with Crippen LogP contribution < -0.4 is 48.3 Å². The first-order chi connectivity index (χ1) is 44.7. The molecule has 0 aromatic heterocycles. The summed E-state index contributed by atoms with van der Waals surface area (Å²) in [5.41, 5.74) is 5.18. The van der Waals surface area contributed by atoms with E-state index in [0.717, 1.165) is 0 Å². The predicted octanol–water partition coefficient (Wildman–Crippen LogP) is -1.35. The molecule has 502 valence electrons. The van der Waals surface area contributed by atoms with Crippen LogP contribution in [0.15, 0.2) is 78.9 Å². The molecule has 0 atom stereocenters. The van der Waals surface area contributed by atoms with Gasteiger partial charge in [-0.1, -0.05) is 24.3 Å². The number of fused-ring (bicyclic) bond motifs is 8. The number of aromatic hydroxyl groups is 3. The van der Waals surface area contributed by atoms with Crippen molar-refractivity contribution in [2.24, 2.45) is 5.73 Å². The van der Waals surface area contributed by atoms with E-state index >= 15 is 0 Å². The van der Waals surface area contributed by atoms with Crippen LogP contribution in [0.1, 0.15) is 82.9 Å². The average Bonchev–Trinajstić information content (AvgIpc) is 1.04. The Morgan fingerprint density at radius 2 is 0.576 bits per heavy atom. The minimum absolute atomic E-state index is 0.0195. The number of phenolic OH excluding ortho intramolecular Hbond substituents is 3. The number of benzene rings is 4. The van der Waals surface area contributed by atoms with Crippen LogP contribution in [0.2, 0.25) is 0 Å². The zero-order valence-corrected chi connectivity index (χ0v) is 52.2. The van der Waals surface area contributed by atoms with Crippen LogP contribution in [-0.4, -0.2) is 286 Å². The second-order valence-corrected chi connectivity index (χ2v) is 21.3. The summed E-state index contributed by atoms with van der Waals surface area (Å²) in [6.07, 6.45) is 0. The van der Waals surface area contributed by atoms with Crippen LogP contribution in [0.25, 0.3) is 0 Å². The molecule has 29 nitrogen and oxygen atoms in total. The van der Waals surface area contributed by atoms with E-state index in [9.17, 15) is 53.7 Å². The molecule has 0 radical (unpaired) electrons. The number of para-hydroxylation sites is 3. The van der Waals surface area contributed by atoms with Crippen molar-refractivity contribution in [2.45, 2.75) is 0 Å². The Bertz CT molecular complexity index is 2960. The molecule has 4 aromatic carbocycles. The lowest BCUT2D eigenvalue weighted by molar-refractivity contribution is 0.0196. The molecule has 0 spiro atoms. The quantitative estimate of drug-likeness (QED) is 0.0455. The van der Waals surface area contributed by atoms with E-state index in [4.69, 9.17) is 29.4 Å². The van der Waals surface area contributed by atoms with Gasteiger partial charge >= 0.3 is 0 Å². The second kappa shape index (κ2) is 40.5. The molecule has 2 aliphatic heterocycles. The summed E-state index contributed by atoms with van der Waals surface area (Å²) in [4.78, 5) is 117. The SMILES string of the molecule is COCCOCCOCCN1CCNC(=O)c2cccc(c2)C(=O)NCCN(CCN2CCNC(=O)c3cccc(c3O)C(=O)NCCN(CCOCCOCCN)CCNC(=O)c3cccc(c3O)C(=O)NCC2)CCNC(=O)c2cccc(c2O)C(=O)NCC1. The molecule has 13 N–H and O–H groups in total. The molecule has 4 aromatic rings. The van der Waals surface area contributed by atoms with Crippen LogP contribution in [-0.2, 0) is 23.7 Å². The maximum absolute atomic E-state index is 13.7. The smallest absolute Gasteiger partial charge is 0.255 e. The molecule has 0 saturated carbocycles. The number of ether oxygens (including phenoxy) is 5. The number of methoxy groups -OCH3 is 1. The number of rotatable bonds is 20. The Morgan fingerprint density at radius 3 is 0.859 bits per heavy atom. The van der Waals surface area contributed by atoms with E-state index in [2.05, 4.69) is 42.5 Å². The fourth-order valence-electron chi connectivity index (χ4n) is 9.81. The molecule has 0 aliphatic carbocycles. The van der Waals surface area contributed by atoms with E-state index in [1.807, 2.05) is 19.6 Å². The van der Waals surface area contributed by atoms with Gasteiger partial charge in [-0.15, -0.1) is 0 Å². The van der Waals surface area contributed by atoms with Gasteiger partial charge in [-0.3, -0.25) is 58.0 Å². The van der Waals surface area contributed by atoms with Gasteiger partial charge in [-0.05, 0) is 54.6 Å². The largest absolute Gasteiger partial charge is 0.506 e. The molecule has 0 saturated heterocycles. The van der Waals surface area contributed by atoms with E-state index in [1.165, 1.54) is 60.7 Å². The predicted molar refractivity (Wildman–Crippen MR) is 339 cm³/mol. The summed E-state index contributed by atoms with van der Waals surface area (Å²) in [5.74, 6) is -6.27. The van der Waals surface area contributed by atoms with Crippen molar-refractivity contribution in [3.05, 3.63) is 123 Å². The first-order valence-electron chi connectivity index (χ1n) is 30.9. The van der Waals surface area contributed by atoms with E-state index in [0.29, 0.717) is 105 Å². The molecule has 0 fully saturated rings. The van der Waals surface area contributed by atoms with Crippen molar-refractivity contribution < 1.29 is 77.4 Å².